The number of halogens is 2. The van der Waals surface area contributed by atoms with Crippen LogP contribution >= 0.6 is 24.8 Å². The number of likely N-dealkylation sites (tertiary alicyclic amines) is 1. The Morgan fingerprint density at radius 1 is 1.25 bits per heavy atom. The topological polar surface area (TPSA) is 49.6 Å². The number of nitrogens with two attached hydrogens (primary N) is 1. The smallest absolute Gasteiger partial charge is 0.223 e. The van der Waals surface area contributed by atoms with Crippen LogP contribution in [0.15, 0.2) is 0 Å². The molecule has 2 aliphatic rings. The first-order valence-electron chi connectivity index (χ1n) is 9.25. The fraction of sp³-hybridized carbons (Fsp3) is 0.944. The molecule has 2 fully saturated rings. The normalized spacial score (nSPS) is 22.8. The van der Waals surface area contributed by atoms with Crippen LogP contribution in [0.4, 0.5) is 0 Å². The highest BCUT2D eigenvalue weighted by Crippen LogP contribution is 2.39. The zero-order chi connectivity index (χ0) is 16.0. The molecule has 1 amide bonds. The summed E-state index contributed by atoms with van der Waals surface area (Å²) in [4.78, 5) is 17.2. The van der Waals surface area contributed by atoms with Crippen molar-refractivity contribution >= 4 is 30.7 Å². The molecule has 4 nitrogen and oxygen atoms in total. The molecule has 0 spiro atoms. The molecule has 1 atom stereocenters. The highest BCUT2D eigenvalue weighted by atomic mass is 35.5. The van der Waals surface area contributed by atoms with Crippen molar-refractivity contribution in [2.45, 2.75) is 58.3 Å². The second-order valence-corrected chi connectivity index (χ2v) is 7.70. The molecule has 24 heavy (non-hydrogen) atoms. The number of rotatable bonds is 7. The fourth-order valence-corrected chi connectivity index (χ4v) is 4.31. The van der Waals surface area contributed by atoms with E-state index in [0.29, 0.717) is 24.8 Å². The molecule has 0 radical (unpaired) electrons. The standard InChI is InChI=1S/C18H35N3O.2ClH/c1-3-10-20(2)13-16-7-11-21(14-16)17(22)12-18(15-19)8-5-4-6-9-18;;/h16H,3-15,19H2,1-2H3;2*1H. The van der Waals surface area contributed by atoms with Gasteiger partial charge in [0.1, 0.15) is 0 Å². The number of carbonyl (C=O) groups excluding carboxylic acids is 1. The summed E-state index contributed by atoms with van der Waals surface area (Å²) in [5.41, 5.74) is 6.14. The van der Waals surface area contributed by atoms with Gasteiger partial charge in [0.25, 0.3) is 0 Å². The maximum atomic E-state index is 12.7. The molecular formula is C18H37Cl2N3O. The molecule has 0 aromatic heterocycles. The summed E-state index contributed by atoms with van der Waals surface area (Å²) in [6.45, 7) is 7.07. The van der Waals surface area contributed by atoms with Crippen LogP contribution in [0.2, 0.25) is 0 Å². The summed E-state index contributed by atoms with van der Waals surface area (Å²) in [6.07, 6.45) is 9.13. The average Bonchev–Trinajstić information content (AvgIpc) is 2.97. The Morgan fingerprint density at radius 2 is 1.92 bits per heavy atom. The molecule has 0 bridgehead atoms. The molecule has 1 aliphatic heterocycles. The molecule has 144 valence electrons. The summed E-state index contributed by atoms with van der Waals surface area (Å²) in [5.74, 6) is 1.01. The van der Waals surface area contributed by atoms with Crippen LogP contribution in [0.3, 0.4) is 0 Å². The number of amides is 1. The van der Waals surface area contributed by atoms with E-state index in [2.05, 4.69) is 23.8 Å². The van der Waals surface area contributed by atoms with E-state index in [1.807, 2.05) is 0 Å². The van der Waals surface area contributed by atoms with Crippen LogP contribution in [0.5, 0.6) is 0 Å². The van der Waals surface area contributed by atoms with Crippen LogP contribution in [-0.4, -0.2) is 55.5 Å². The van der Waals surface area contributed by atoms with Crippen molar-refractivity contribution in [1.82, 2.24) is 9.80 Å². The zero-order valence-corrected chi connectivity index (χ0v) is 17.1. The summed E-state index contributed by atoms with van der Waals surface area (Å²) < 4.78 is 0. The Labute approximate surface area is 160 Å². The lowest BCUT2D eigenvalue weighted by atomic mass is 9.71. The van der Waals surface area contributed by atoms with Crippen LogP contribution < -0.4 is 5.73 Å². The molecule has 2 N–H and O–H groups in total. The van der Waals surface area contributed by atoms with Crippen LogP contribution in [-0.2, 0) is 4.79 Å². The Bertz CT molecular complexity index is 362. The van der Waals surface area contributed by atoms with Crippen molar-refractivity contribution in [3.8, 4) is 0 Å². The van der Waals surface area contributed by atoms with E-state index in [0.717, 1.165) is 45.4 Å². The highest BCUT2D eigenvalue weighted by molar-refractivity contribution is 5.85. The molecule has 6 heteroatoms. The van der Waals surface area contributed by atoms with Gasteiger partial charge in [-0.3, -0.25) is 4.79 Å². The van der Waals surface area contributed by atoms with Gasteiger partial charge in [-0.05, 0) is 57.2 Å². The molecule has 2 rings (SSSR count). The molecule has 0 aromatic rings. The molecule has 1 saturated heterocycles. The Morgan fingerprint density at radius 3 is 2.50 bits per heavy atom. The quantitative estimate of drug-likeness (QED) is 0.735. The van der Waals surface area contributed by atoms with Crippen LogP contribution in [0.25, 0.3) is 0 Å². The van der Waals surface area contributed by atoms with Gasteiger partial charge in [0.2, 0.25) is 5.91 Å². The largest absolute Gasteiger partial charge is 0.342 e. The Kier molecular flexibility index (Phi) is 11.5. The van der Waals surface area contributed by atoms with Crippen molar-refractivity contribution in [3.05, 3.63) is 0 Å². The van der Waals surface area contributed by atoms with Gasteiger partial charge in [0, 0.05) is 26.1 Å². The van der Waals surface area contributed by atoms with Crippen molar-refractivity contribution < 1.29 is 4.79 Å². The van der Waals surface area contributed by atoms with Gasteiger partial charge in [-0.15, -0.1) is 24.8 Å². The van der Waals surface area contributed by atoms with Crippen molar-refractivity contribution in [2.24, 2.45) is 17.1 Å². The van der Waals surface area contributed by atoms with Gasteiger partial charge in [0.05, 0.1) is 0 Å². The maximum Gasteiger partial charge on any atom is 0.223 e. The van der Waals surface area contributed by atoms with E-state index in [1.54, 1.807) is 0 Å². The van der Waals surface area contributed by atoms with Crippen LogP contribution in [0.1, 0.15) is 58.3 Å². The third-order valence-electron chi connectivity index (χ3n) is 5.69. The van der Waals surface area contributed by atoms with E-state index in [4.69, 9.17) is 5.73 Å². The zero-order valence-electron chi connectivity index (χ0n) is 15.5. The van der Waals surface area contributed by atoms with Gasteiger partial charge < -0.3 is 15.5 Å². The minimum atomic E-state index is 0. The number of carbonyl (C=O) groups is 1. The SMILES string of the molecule is CCCN(C)CC1CCN(C(=O)CC2(CN)CCCCC2)C1.Cl.Cl. The second-order valence-electron chi connectivity index (χ2n) is 7.70. The van der Waals surface area contributed by atoms with Crippen molar-refractivity contribution in [1.29, 1.82) is 0 Å². The minimum Gasteiger partial charge on any atom is -0.342 e. The predicted octanol–water partition coefficient (Wildman–Crippen LogP) is 3.32. The maximum absolute atomic E-state index is 12.7. The summed E-state index contributed by atoms with van der Waals surface area (Å²) in [7, 11) is 2.19. The minimum absolute atomic E-state index is 0. The fourth-order valence-electron chi connectivity index (χ4n) is 4.31. The first kappa shape index (κ1) is 24.0. The second kappa shape index (κ2) is 11.6. The monoisotopic (exact) mass is 381 g/mol. The van der Waals surface area contributed by atoms with E-state index < -0.39 is 0 Å². The molecule has 1 unspecified atom stereocenters. The lowest BCUT2D eigenvalue weighted by Gasteiger charge is -2.36. The van der Waals surface area contributed by atoms with Gasteiger partial charge in [-0.2, -0.15) is 0 Å². The van der Waals surface area contributed by atoms with E-state index in [9.17, 15) is 4.79 Å². The van der Waals surface area contributed by atoms with Crippen molar-refractivity contribution in [3.63, 3.8) is 0 Å². The molecule has 1 aliphatic carbocycles. The number of nitrogens with zero attached hydrogens (tertiary/aromatic N) is 2. The molecule has 0 aromatic carbocycles. The van der Waals surface area contributed by atoms with Gasteiger partial charge in [-0.1, -0.05) is 26.2 Å². The lowest BCUT2D eigenvalue weighted by Crippen LogP contribution is -2.40. The van der Waals surface area contributed by atoms with Gasteiger partial charge in [0.15, 0.2) is 0 Å². The number of hydrogen-bond donors (Lipinski definition) is 1. The van der Waals surface area contributed by atoms with E-state index in [1.165, 1.54) is 25.7 Å². The number of hydrogen-bond acceptors (Lipinski definition) is 3. The average molecular weight is 382 g/mol. The first-order valence-corrected chi connectivity index (χ1v) is 9.25. The third-order valence-corrected chi connectivity index (χ3v) is 5.69. The van der Waals surface area contributed by atoms with Gasteiger partial charge in [-0.25, -0.2) is 0 Å². The van der Waals surface area contributed by atoms with Crippen molar-refractivity contribution in [2.75, 3.05) is 39.8 Å². The summed E-state index contributed by atoms with van der Waals surface area (Å²) in [5, 5.41) is 0. The molecule has 1 heterocycles. The van der Waals surface area contributed by atoms with E-state index in [-0.39, 0.29) is 30.2 Å². The van der Waals surface area contributed by atoms with Crippen LogP contribution in [0, 0.1) is 11.3 Å². The lowest BCUT2D eigenvalue weighted by molar-refractivity contribution is -0.133. The first-order chi connectivity index (χ1) is 10.6. The summed E-state index contributed by atoms with van der Waals surface area (Å²) in [6, 6.07) is 0. The van der Waals surface area contributed by atoms with E-state index >= 15 is 0 Å². The highest BCUT2D eigenvalue weighted by Gasteiger charge is 2.36. The third kappa shape index (κ3) is 6.70. The molecule has 1 saturated carbocycles. The molecular weight excluding hydrogens is 345 g/mol. The van der Waals surface area contributed by atoms with Gasteiger partial charge >= 0.3 is 0 Å². The summed E-state index contributed by atoms with van der Waals surface area (Å²) >= 11 is 0. The Balaban J connectivity index is 0.00000264. The predicted molar refractivity (Wildman–Crippen MR) is 106 cm³/mol. The Hall–Kier alpha value is -0.0300.